The summed E-state index contributed by atoms with van der Waals surface area (Å²) >= 11 is 3.10. The van der Waals surface area contributed by atoms with E-state index < -0.39 is 11.6 Å². The Morgan fingerprint density at radius 3 is 2.50 bits per heavy atom. The highest BCUT2D eigenvalue weighted by molar-refractivity contribution is 9.10. The van der Waals surface area contributed by atoms with Gasteiger partial charge in [0.15, 0.2) is 0 Å². The molecule has 1 aliphatic rings. The van der Waals surface area contributed by atoms with E-state index >= 15 is 0 Å². The van der Waals surface area contributed by atoms with Gasteiger partial charge in [0.2, 0.25) is 0 Å². The van der Waals surface area contributed by atoms with Crippen molar-refractivity contribution in [2.45, 2.75) is 25.8 Å². The maximum Gasteiger partial charge on any atom is 0.145 e. The molecular formula is C12H14BrF2N. The summed E-state index contributed by atoms with van der Waals surface area (Å²) in [6.45, 7) is 2.05. The topological polar surface area (TPSA) is 12.0 Å². The Hall–Kier alpha value is -0.480. The van der Waals surface area contributed by atoms with Crippen molar-refractivity contribution in [3.05, 3.63) is 33.8 Å². The summed E-state index contributed by atoms with van der Waals surface area (Å²) < 4.78 is 28.0. The van der Waals surface area contributed by atoms with Crippen LogP contribution in [-0.4, -0.2) is 7.05 Å². The lowest BCUT2D eigenvalue weighted by molar-refractivity contribution is 0.361. The first-order chi connectivity index (χ1) is 7.49. The first kappa shape index (κ1) is 12.0. The van der Waals surface area contributed by atoms with Gasteiger partial charge in [0.25, 0.3) is 0 Å². The smallest absolute Gasteiger partial charge is 0.145 e. The van der Waals surface area contributed by atoms with Crippen LogP contribution < -0.4 is 5.32 Å². The molecule has 1 nitrogen and oxygen atoms in total. The van der Waals surface area contributed by atoms with Crippen LogP contribution in [0.1, 0.15) is 31.4 Å². The molecule has 0 amide bonds. The molecule has 0 radical (unpaired) electrons. The van der Waals surface area contributed by atoms with Gasteiger partial charge in [0, 0.05) is 11.6 Å². The molecule has 2 rings (SSSR count). The van der Waals surface area contributed by atoms with Gasteiger partial charge in [0.05, 0.1) is 4.47 Å². The average molecular weight is 290 g/mol. The first-order valence-corrected chi connectivity index (χ1v) is 6.09. The standard InChI is InChI=1S/C12H14BrF2N/c1-12(5-6-12)11(16-2)9-8(14)4-3-7(13)10(9)15/h3-4,11,16H,5-6H2,1-2H3. The Bertz CT molecular complexity index is 416. The van der Waals surface area contributed by atoms with Crippen molar-refractivity contribution in [3.8, 4) is 0 Å². The second kappa shape index (κ2) is 4.08. The molecule has 1 N–H and O–H groups in total. The highest BCUT2D eigenvalue weighted by Crippen LogP contribution is 2.55. The average Bonchev–Trinajstić information content (AvgIpc) is 2.98. The molecule has 1 aromatic carbocycles. The third-order valence-electron chi connectivity index (χ3n) is 3.39. The Balaban J connectivity index is 2.49. The number of hydrogen-bond acceptors (Lipinski definition) is 1. The van der Waals surface area contributed by atoms with Gasteiger partial charge < -0.3 is 5.32 Å². The van der Waals surface area contributed by atoms with Crippen molar-refractivity contribution in [1.82, 2.24) is 5.32 Å². The maximum absolute atomic E-state index is 13.9. The van der Waals surface area contributed by atoms with Crippen LogP contribution in [0.3, 0.4) is 0 Å². The summed E-state index contributed by atoms with van der Waals surface area (Å²) in [4.78, 5) is 0. The van der Waals surface area contributed by atoms with Crippen LogP contribution >= 0.6 is 15.9 Å². The Morgan fingerprint density at radius 1 is 1.38 bits per heavy atom. The fourth-order valence-corrected chi connectivity index (χ4v) is 2.48. The summed E-state index contributed by atoms with van der Waals surface area (Å²) in [6, 6.07) is 2.44. The van der Waals surface area contributed by atoms with Crippen molar-refractivity contribution >= 4 is 15.9 Å². The molecule has 1 atom stereocenters. The number of halogens is 3. The first-order valence-electron chi connectivity index (χ1n) is 5.30. The summed E-state index contributed by atoms with van der Waals surface area (Å²) in [5.41, 5.74) is 0.133. The van der Waals surface area contributed by atoms with E-state index in [4.69, 9.17) is 0 Å². The number of nitrogens with one attached hydrogen (secondary N) is 1. The van der Waals surface area contributed by atoms with Gasteiger partial charge in [-0.1, -0.05) is 6.92 Å². The summed E-state index contributed by atoms with van der Waals surface area (Å²) in [5.74, 6) is -0.972. The highest BCUT2D eigenvalue weighted by Gasteiger charge is 2.46. The minimum Gasteiger partial charge on any atom is -0.312 e. The second-order valence-electron chi connectivity index (χ2n) is 4.63. The summed E-state index contributed by atoms with van der Waals surface area (Å²) in [7, 11) is 1.74. The lowest BCUT2D eigenvalue weighted by atomic mass is 9.91. The summed E-state index contributed by atoms with van der Waals surface area (Å²) in [6.07, 6.45) is 2.01. The van der Waals surface area contributed by atoms with Crippen LogP contribution in [0.25, 0.3) is 0 Å². The lowest BCUT2D eigenvalue weighted by Crippen LogP contribution is -2.26. The van der Waals surface area contributed by atoms with Crippen LogP contribution in [-0.2, 0) is 0 Å². The number of rotatable bonds is 3. The molecule has 4 heteroatoms. The van der Waals surface area contributed by atoms with Crippen molar-refractivity contribution in [1.29, 1.82) is 0 Å². The van der Waals surface area contributed by atoms with Gasteiger partial charge in [-0.25, -0.2) is 8.78 Å². The largest absolute Gasteiger partial charge is 0.312 e. The van der Waals surface area contributed by atoms with E-state index in [2.05, 4.69) is 21.2 Å². The maximum atomic E-state index is 13.9. The zero-order valence-corrected chi connectivity index (χ0v) is 10.9. The van der Waals surface area contributed by atoms with Crippen molar-refractivity contribution < 1.29 is 8.78 Å². The number of benzene rings is 1. The third-order valence-corrected chi connectivity index (χ3v) is 4.00. The highest BCUT2D eigenvalue weighted by atomic mass is 79.9. The molecule has 88 valence electrons. The molecule has 1 aromatic rings. The van der Waals surface area contributed by atoms with Crippen LogP contribution in [0, 0.1) is 17.0 Å². The van der Waals surface area contributed by atoms with Crippen molar-refractivity contribution in [2.24, 2.45) is 5.41 Å². The molecule has 0 saturated heterocycles. The zero-order chi connectivity index (χ0) is 11.9. The normalized spacial score (nSPS) is 19.6. The van der Waals surface area contributed by atoms with Crippen LogP contribution in [0.2, 0.25) is 0 Å². The van der Waals surface area contributed by atoms with E-state index in [0.717, 1.165) is 12.8 Å². The predicted molar refractivity (Wildman–Crippen MR) is 63.2 cm³/mol. The molecule has 0 aromatic heterocycles. The molecular weight excluding hydrogens is 276 g/mol. The van der Waals surface area contributed by atoms with E-state index in [1.165, 1.54) is 12.1 Å². The quantitative estimate of drug-likeness (QED) is 0.835. The summed E-state index contributed by atoms with van der Waals surface area (Å²) in [5, 5.41) is 3.03. The van der Waals surface area contributed by atoms with Gasteiger partial charge in [0.1, 0.15) is 11.6 Å². The molecule has 0 heterocycles. The van der Waals surface area contributed by atoms with Crippen molar-refractivity contribution in [3.63, 3.8) is 0 Å². The molecule has 16 heavy (non-hydrogen) atoms. The van der Waals surface area contributed by atoms with Gasteiger partial charge in [-0.15, -0.1) is 0 Å². The van der Waals surface area contributed by atoms with E-state index in [0.29, 0.717) is 4.47 Å². The molecule has 1 aliphatic carbocycles. The molecule has 1 unspecified atom stereocenters. The minimum absolute atomic E-state index is 0.0166. The number of hydrogen-bond donors (Lipinski definition) is 1. The van der Waals surface area contributed by atoms with Gasteiger partial charge in [-0.05, 0) is 53.4 Å². The zero-order valence-electron chi connectivity index (χ0n) is 9.28. The van der Waals surface area contributed by atoms with Crippen LogP contribution in [0.5, 0.6) is 0 Å². The fraction of sp³-hybridized carbons (Fsp3) is 0.500. The Kier molecular flexibility index (Phi) is 3.05. The van der Waals surface area contributed by atoms with Crippen molar-refractivity contribution in [2.75, 3.05) is 7.05 Å². The Labute approximate surface area is 102 Å². The lowest BCUT2D eigenvalue weighted by Gasteiger charge is -2.24. The van der Waals surface area contributed by atoms with Crippen LogP contribution in [0.4, 0.5) is 8.78 Å². The predicted octanol–water partition coefficient (Wildman–Crippen LogP) is 3.79. The van der Waals surface area contributed by atoms with Gasteiger partial charge >= 0.3 is 0 Å². The minimum atomic E-state index is -0.493. The van der Waals surface area contributed by atoms with E-state index in [1.807, 2.05) is 6.92 Å². The molecule has 0 bridgehead atoms. The van der Waals surface area contributed by atoms with Gasteiger partial charge in [-0.3, -0.25) is 0 Å². The second-order valence-corrected chi connectivity index (χ2v) is 5.49. The Morgan fingerprint density at radius 2 is 2.00 bits per heavy atom. The monoisotopic (exact) mass is 289 g/mol. The fourth-order valence-electron chi connectivity index (χ4n) is 2.13. The molecule has 0 aliphatic heterocycles. The molecule has 1 saturated carbocycles. The molecule has 1 fully saturated rings. The van der Waals surface area contributed by atoms with E-state index in [-0.39, 0.29) is 17.0 Å². The molecule has 0 spiro atoms. The SMILES string of the molecule is CNC(c1c(F)ccc(Br)c1F)C1(C)CC1. The van der Waals surface area contributed by atoms with Gasteiger partial charge in [-0.2, -0.15) is 0 Å². The van der Waals surface area contributed by atoms with E-state index in [1.54, 1.807) is 7.05 Å². The van der Waals surface area contributed by atoms with Crippen LogP contribution in [0.15, 0.2) is 16.6 Å². The van der Waals surface area contributed by atoms with E-state index in [9.17, 15) is 8.78 Å². The third kappa shape index (κ3) is 1.89.